The van der Waals surface area contributed by atoms with Gasteiger partial charge < -0.3 is 10.6 Å². The molecule has 0 fully saturated rings. The summed E-state index contributed by atoms with van der Waals surface area (Å²) in [5.41, 5.74) is 4.66. The van der Waals surface area contributed by atoms with E-state index in [4.69, 9.17) is 4.98 Å². The largest absolute Gasteiger partial charge is 0.325 e. The molecule has 0 unspecified atom stereocenters. The second-order valence-corrected chi connectivity index (χ2v) is 8.85. The lowest BCUT2D eigenvalue weighted by atomic mass is 10.0. The topological polar surface area (TPSA) is 93.1 Å². The average Bonchev–Trinajstić information content (AvgIpc) is 2.88. The maximum atomic E-state index is 14.0. The number of amides is 2. The predicted octanol–water partition coefficient (Wildman–Crippen LogP) is 5.62. The number of hydrogen-bond donors (Lipinski definition) is 2. The second kappa shape index (κ2) is 10.6. The fourth-order valence-electron chi connectivity index (χ4n) is 4.19. The summed E-state index contributed by atoms with van der Waals surface area (Å²) < 4.78 is 1.52. The van der Waals surface area contributed by atoms with E-state index in [1.807, 2.05) is 75.4 Å². The highest BCUT2D eigenvalue weighted by atomic mass is 16.2. The van der Waals surface area contributed by atoms with E-state index in [1.165, 1.54) is 4.57 Å². The predicted molar refractivity (Wildman–Crippen MR) is 144 cm³/mol. The Kier molecular flexibility index (Phi) is 7.29. The van der Waals surface area contributed by atoms with E-state index in [9.17, 15) is 14.4 Å². The van der Waals surface area contributed by atoms with Crippen molar-refractivity contribution in [1.29, 1.82) is 0 Å². The molecule has 7 nitrogen and oxygen atoms in total. The molecule has 0 aliphatic heterocycles. The molecule has 7 heteroatoms. The second-order valence-electron chi connectivity index (χ2n) is 8.85. The van der Waals surface area contributed by atoms with E-state index in [2.05, 4.69) is 10.6 Å². The zero-order chi connectivity index (χ0) is 25.8. The molecule has 2 amide bonds. The van der Waals surface area contributed by atoms with Crippen LogP contribution in [0.2, 0.25) is 0 Å². The molecule has 0 saturated carbocycles. The Bertz CT molecular complexity index is 1490. The van der Waals surface area contributed by atoms with E-state index in [0.717, 1.165) is 11.1 Å². The summed E-state index contributed by atoms with van der Waals surface area (Å²) in [7, 11) is 0. The lowest BCUT2D eigenvalue weighted by Crippen LogP contribution is -2.34. The maximum absolute atomic E-state index is 14.0. The Morgan fingerprint density at radius 3 is 2.31 bits per heavy atom. The van der Waals surface area contributed by atoms with Crippen LogP contribution >= 0.6 is 0 Å². The van der Waals surface area contributed by atoms with Crippen molar-refractivity contribution < 1.29 is 9.59 Å². The minimum atomic E-state index is -0.760. The number of carbonyl (C=O) groups is 2. The van der Waals surface area contributed by atoms with Crippen molar-refractivity contribution >= 4 is 34.2 Å². The number of carbonyl (C=O) groups excluding carboxylic acids is 2. The van der Waals surface area contributed by atoms with Gasteiger partial charge in [0.15, 0.2) is 0 Å². The third-order valence-corrected chi connectivity index (χ3v) is 6.14. The van der Waals surface area contributed by atoms with Gasteiger partial charge in [-0.25, -0.2) is 4.98 Å². The van der Waals surface area contributed by atoms with Crippen LogP contribution in [0.1, 0.15) is 43.9 Å². The van der Waals surface area contributed by atoms with Crippen molar-refractivity contribution in [3.8, 4) is 11.3 Å². The third kappa shape index (κ3) is 5.05. The summed E-state index contributed by atoms with van der Waals surface area (Å²) in [5.74, 6) is -0.445. The minimum absolute atomic E-state index is 0.162. The van der Waals surface area contributed by atoms with Crippen LogP contribution in [0.4, 0.5) is 11.4 Å². The molecule has 0 radical (unpaired) electrons. The summed E-state index contributed by atoms with van der Waals surface area (Å²) in [6, 6.07) is 19.5. The Labute approximate surface area is 210 Å². The lowest BCUT2D eigenvalue weighted by Gasteiger charge is -2.21. The van der Waals surface area contributed by atoms with Gasteiger partial charge in [-0.05, 0) is 56.7 Å². The smallest absolute Gasteiger partial charge is 0.278 e. The van der Waals surface area contributed by atoms with Gasteiger partial charge in [-0.1, -0.05) is 55.3 Å². The molecule has 0 aliphatic carbocycles. The molecule has 0 saturated heterocycles. The summed E-state index contributed by atoms with van der Waals surface area (Å²) >= 11 is 0. The summed E-state index contributed by atoms with van der Waals surface area (Å²) in [6.07, 6.45) is 0.706. The molecule has 36 heavy (non-hydrogen) atoms. The van der Waals surface area contributed by atoms with Crippen molar-refractivity contribution in [1.82, 2.24) is 9.55 Å². The van der Waals surface area contributed by atoms with Gasteiger partial charge in [0, 0.05) is 17.7 Å². The Morgan fingerprint density at radius 2 is 1.61 bits per heavy atom. The van der Waals surface area contributed by atoms with Crippen LogP contribution in [0.15, 0.2) is 71.5 Å². The van der Waals surface area contributed by atoms with Crippen molar-refractivity contribution in [3.63, 3.8) is 0 Å². The molecule has 184 valence electrons. The molecule has 4 aromatic rings. The SMILES string of the molecule is CCC(=O)Nc1ccc(C)cc1-c1nc2ccccc2n([C@H](CC)C(=O)Nc2ccc(C)cc2)c1=O. The number of anilines is 2. The lowest BCUT2D eigenvalue weighted by molar-refractivity contribution is -0.119. The van der Waals surface area contributed by atoms with Crippen molar-refractivity contribution in [2.45, 2.75) is 46.6 Å². The van der Waals surface area contributed by atoms with Gasteiger partial charge in [0.1, 0.15) is 11.7 Å². The maximum Gasteiger partial charge on any atom is 0.278 e. The number of nitrogens with one attached hydrogen (secondary N) is 2. The number of para-hydroxylation sites is 2. The standard InChI is InChI=1S/C29H30N4O3/c1-5-24(28(35)30-20-14-11-18(3)12-15-20)33-25-10-8-7-9-23(25)32-27(29(33)36)21-17-19(4)13-16-22(21)31-26(34)6-2/h7-17,24H,5-6H2,1-4H3,(H,30,35)(H,31,34)/t24-/m1/s1. The average molecular weight is 483 g/mol. The van der Waals surface area contributed by atoms with Crippen LogP contribution < -0.4 is 16.2 Å². The number of rotatable bonds is 7. The van der Waals surface area contributed by atoms with E-state index < -0.39 is 11.6 Å². The van der Waals surface area contributed by atoms with Gasteiger partial charge in [-0.15, -0.1) is 0 Å². The van der Waals surface area contributed by atoms with Crippen molar-refractivity contribution in [2.75, 3.05) is 10.6 Å². The van der Waals surface area contributed by atoms with Crippen LogP contribution in [-0.2, 0) is 9.59 Å². The quantitative estimate of drug-likeness (QED) is 0.358. The van der Waals surface area contributed by atoms with Crippen LogP contribution in [-0.4, -0.2) is 21.4 Å². The summed E-state index contributed by atoms with van der Waals surface area (Å²) in [5, 5.41) is 5.83. The molecule has 1 atom stereocenters. The number of aromatic nitrogens is 2. The van der Waals surface area contributed by atoms with Crippen LogP contribution in [0.3, 0.4) is 0 Å². The Morgan fingerprint density at radius 1 is 0.917 bits per heavy atom. The fraction of sp³-hybridized carbons (Fsp3) is 0.241. The minimum Gasteiger partial charge on any atom is -0.325 e. The zero-order valence-corrected chi connectivity index (χ0v) is 21.0. The van der Waals surface area contributed by atoms with Crippen LogP contribution in [0, 0.1) is 13.8 Å². The molecule has 0 spiro atoms. The molecule has 4 rings (SSSR count). The Hall–Kier alpha value is -4.26. The van der Waals surface area contributed by atoms with Gasteiger partial charge in [-0.2, -0.15) is 0 Å². The molecule has 3 aromatic carbocycles. The monoisotopic (exact) mass is 482 g/mol. The first-order valence-electron chi connectivity index (χ1n) is 12.1. The molecular weight excluding hydrogens is 452 g/mol. The van der Waals surface area contributed by atoms with E-state index in [1.54, 1.807) is 19.1 Å². The van der Waals surface area contributed by atoms with Crippen LogP contribution in [0.5, 0.6) is 0 Å². The number of fused-ring (bicyclic) bond motifs is 1. The number of aryl methyl sites for hydroxylation is 2. The first-order chi connectivity index (χ1) is 17.3. The fourth-order valence-corrected chi connectivity index (χ4v) is 4.19. The summed E-state index contributed by atoms with van der Waals surface area (Å²) in [6.45, 7) is 7.54. The van der Waals surface area contributed by atoms with Gasteiger partial charge in [-0.3, -0.25) is 19.0 Å². The van der Waals surface area contributed by atoms with Gasteiger partial charge in [0.25, 0.3) is 5.56 Å². The van der Waals surface area contributed by atoms with E-state index in [0.29, 0.717) is 40.8 Å². The van der Waals surface area contributed by atoms with Crippen LogP contribution in [0.25, 0.3) is 22.3 Å². The number of nitrogens with zero attached hydrogens (tertiary/aromatic N) is 2. The van der Waals surface area contributed by atoms with Crippen molar-refractivity contribution in [2.24, 2.45) is 0 Å². The highest BCUT2D eigenvalue weighted by Gasteiger charge is 2.25. The first-order valence-corrected chi connectivity index (χ1v) is 12.1. The number of hydrogen-bond acceptors (Lipinski definition) is 4. The van der Waals surface area contributed by atoms with Crippen molar-refractivity contribution in [3.05, 3.63) is 88.2 Å². The molecule has 0 bridgehead atoms. The molecular formula is C29H30N4O3. The molecule has 0 aliphatic rings. The highest BCUT2D eigenvalue weighted by Crippen LogP contribution is 2.29. The van der Waals surface area contributed by atoms with Gasteiger partial charge in [0.05, 0.1) is 16.7 Å². The number of benzene rings is 3. The van der Waals surface area contributed by atoms with E-state index in [-0.39, 0.29) is 17.5 Å². The van der Waals surface area contributed by atoms with Gasteiger partial charge >= 0.3 is 0 Å². The molecule has 2 N–H and O–H groups in total. The van der Waals surface area contributed by atoms with E-state index >= 15 is 0 Å². The first kappa shape index (κ1) is 24.9. The zero-order valence-electron chi connectivity index (χ0n) is 21.0. The molecule has 1 aromatic heterocycles. The normalized spacial score (nSPS) is 11.8. The third-order valence-electron chi connectivity index (χ3n) is 6.14. The summed E-state index contributed by atoms with van der Waals surface area (Å²) in [4.78, 5) is 44.3. The highest BCUT2D eigenvalue weighted by molar-refractivity contribution is 5.97. The Balaban J connectivity index is 1.89. The molecule has 1 heterocycles. The van der Waals surface area contributed by atoms with Gasteiger partial charge in [0.2, 0.25) is 11.8 Å².